The van der Waals surface area contributed by atoms with Crippen LogP contribution in [-0.4, -0.2) is 4.98 Å². The van der Waals surface area contributed by atoms with E-state index in [0.717, 1.165) is 23.1 Å². The third kappa shape index (κ3) is 1.34. The fourth-order valence-electron chi connectivity index (χ4n) is 3.39. The minimum Gasteiger partial charge on any atom is -0.260 e. The number of nitriles is 1. The highest BCUT2D eigenvalue weighted by Gasteiger charge is 2.41. The first-order valence-electron chi connectivity index (χ1n) is 5.73. The Bertz CT molecular complexity index is 419. The Morgan fingerprint density at radius 1 is 1.33 bits per heavy atom. The van der Waals surface area contributed by atoms with Crippen molar-refractivity contribution in [1.82, 2.24) is 4.98 Å². The van der Waals surface area contributed by atoms with Crippen LogP contribution in [0.4, 0.5) is 0 Å². The molecule has 2 nitrogen and oxygen atoms in total. The fraction of sp³-hybridized carbons (Fsp3) is 0.538. The molecule has 2 aliphatic rings. The zero-order chi connectivity index (χ0) is 10.3. The first-order valence-corrected chi connectivity index (χ1v) is 5.73. The van der Waals surface area contributed by atoms with E-state index in [2.05, 4.69) is 11.1 Å². The fourth-order valence-corrected chi connectivity index (χ4v) is 3.39. The van der Waals surface area contributed by atoms with Crippen molar-refractivity contribution in [2.45, 2.75) is 31.6 Å². The number of fused-ring (bicyclic) bond motifs is 2. The van der Waals surface area contributed by atoms with Gasteiger partial charge in [-0.25, -0.2) is 0 Å². The van der Waals surface area contributed by atoms with Crippen molar-refractivity contribution in [2.24, 2.45) is 11.8 Å². The largest absolute Gasteiger partial charge is 0.260 e. The van der Waals surface area contributed by atoms with Crippen molar-refractivity contribution < 1.29 is 0 Å². The first kappa shape index (κ1) is 8.91. The molecule has 0 unspecified atom stereocenters. The third-order valence-electron chi connectivity index (χ3n) is 4.05. The summed E-state index contributed by atoms with van der Waals surface area (Å²) in [5, 5.41) is 9.06. The van der Waals surface area contributed by atoms with E-state index in [1.807, 2.05) is 18.3 Å². The van der Waals surface area contributed by atoms with Crippen LogP contribution in [0.3, 0.4) is 0 Å². The molecule has 76 valence electrons. The van der Waals surface area contributed by atoms with Crippen molar-refractivity contribution in [3.63, 3.8) is 0 Å². The van der Waals surface area contributed by atoms with E-state index in [4.69, 9.17) is 5.26 Å². The third-order valence-corrected chi connectivity index (χ3v) is 4.05. The molecule has 3 atom stereocenters. The molecule has 0 amide bonds. The SMILES string of the molecule is N#Cc1cccnc1[C@@H]1C[C@H]2CC[C@@H]1C2. The molecule has 2 saturated carbocycles. The number of nitrogens with zero attached hydrogens (tertiary/aromatic N) is 2. The smallest absolute Gasteiger partial charge is 0.101 e. The van der Waals surface area contributed by atoms with Crippen molar-refractivity contribution in [3.05, 3.63) is 29.6 Å². The van der Waals surface area contributed by atoms with Crippen LogP contribution in [-0.2, 0) is 0 Å². The molecule has 0 spiro atoms. The molecule has 2 heteroatoms. The molecule has 15 heavy (non-hydrogen) atoms. The molecule has 2 bridgehead atoms. The van der Waals surface area contributed by atoms with E-state index in [1.165, 1.54) is 25.7 Å². The maximum atomic E-state index is 9.06. The molecule has 0 radical (unpaired) electrons. The topological polar surface area (TPSA) is 36.7 Å². The van der Waals surface area contributed by atoms with Crippen molar-refractivity contribution in [3.8, 4) is 6.07 Å². The van der Waals surface area contributed by atoms with Crippen molar-refractivity contribution >= 4 is 0 Å². The summed E-state index contributed by atoms with van der Waals surface area (Å²) < 4.78 is 0. The van der Waals surface area contributed by atoms with Gasteiger partial charge in [-0.15, -0.1) is 0 Å². The van der Waals surface area contributed by atoms with Gasteiger partial charge in [0.15, 0.2) is 0 Å². The maximum Gasteiger partial charge on any atom is 0.101 e. The molecule has 0 aliphatic heterocycles. The summed E-state index contributed by atoms with van der Waals surface area (Å²) >= 11 is 0. The quantitative estimate of drug-likeness (QED) is 0.695. The van der Waals surface area contributed by atoms with Crippen LogP contribution in [0.5, 0.6) is 0 Å². The Kier molecular flexibility index (Phi) is 1.98. The first-order chi connectivity index (χ1) is 7.38. The van der Waals surface area contributed by atoms with Gasteiger partial charge in [0.05, 0.1) is 11.3 Å². The molecule has 3 rings (SSSR count). The number of hydrogen-bond donors (Lipinski definition) is 0. The van der Waals surface area contributed by atoms with Crippen molar-refractivity contribution in [2.75, 3.05) is 0 Å². The van der Waals surface area contributed by atoms with E-state index < -0.39 is 0 Å². The Balaban J connectivity index is 1.97. The van der Waals surface area contributed by atoms with Crippen LogP contribution in [0.25, 0.3) is 0 Å². The number of pyridine rings is 1. The number of hydrogen-bond acceptors (Lipinski definition) is 2. The van der Waals surface area contributed by atoms with Gasteiger partial charge in [0.1, 0.15) is 6.07 Å². The normalized spacial score (nSPS) is 32.9. The van der Waals surface area contributed by atoms with Crippen LogP contribution in [0.1, 0.15) is 42.9 Å². The van der Waals surface area contributed by atoms with Gasteiger partial charge in [-0.05, 0) is 43.2 Å². The van der Waals surface area contributed by atoms with Gasteiger partial charge in [0, 0.05) is 12.1 Å². The lowest BCUT2D eigenvalue weighted by molar-refractivity contribution is 0.412. The summed E-state index contributed by atoms with van der Waals surface area (Å²) in [6, 6.07) is 6.02. The lowest BCUT2D eigenvalue weighted by Crippen LogP contribution is -2.11. The zero-order valence-corrected chi connectivity index (χ0v) is 8.69. The molecule has 2 fully saturated rings. The number of aromatic nitrogens is 1. The van der Waals surface area contributed by atoms with Gasteiger partial charge >= 0.3 is 0 Å². The van der Waals surface area contributed by atoms with E-state index in [0.29, 0.717) is 5.92 Å². The van der Waals surface area contributed by atoms with Crippen LogP contribution >= 0.6 is 0 Å². The summed E-state index contributed by atoms with van der Waals surface area (Å²) in [5.74, 6) is 2.28. The summed E-state index contributed by atoms with van der Waals surface area (Å²) in [7, 11) is 0. The minimum absolute atomic E-state index is 0.569. The zero-order valence-electron chi connectivity index (χ0n) is 8.69. The highest BCUT2D eigenvalue weighted by molar-refractivity contribution is 5.36. The standard InChI is InChI=1S/C13H14N2/c14-8-11-2-1-5-15-13(11)12-7-9-3-4-10(12)6-9/h1-2,5,9-10,12H,3-4,6-7H2/t9-,10+,12+/m0/s1. The van der Waals surface area contributed by atoms with Crippen LogP contribution in [0.15, 0.2) is 18.3 Å². The molecular weight excluding hydrogens is 184 g/mol. The Hall–Kier alpha value is -1.36. The van der Waals surface area contributed by atoms with Crippen LogP contribution < -0.4 is 0 Å². The number of rotatable bonds is 1. The Labute approximate surface area is 90.0 Å². The molecule has 1 aromatic heterocycles. The predicted molar refractivity (Wildman–Crippen MR) is 57.1 cm³/mol. The van der Waals surface area contributed by atoms with Gasteiger partial charge in [0.2, 0.25) is 0 Å². The lowest BCUT2D eigenvalue weighted by Gasteiger charge is -2.21. The van der Waals surface area contributed by atoms with E-state index in [-0.39, 0.29) is 0 Å². The summed E-state index contributed by atoms with van der Waals surface area (Å²) in [5.41, 5.74) is 1.85. The highest BCUT2D eigenvalue weighted by Crippen LogP contribution is 2.52. The van der Waals surface area contributed by atoms with Crippen molar-refractivity contribution in [1.29, 1.82) is 5.26 Å². The van der Waals surface area contributed by atoms with Crippen LogP contribution in [0, 0.1) is 23.2 Å². The second-order valence-corrected chi connectivity index (χ2v) is 4.83. The second-order valence-electron chi connectivity index (χ2n) is 4.83. The summed E-state index contributed by atoms with van der Waals surface area (Å²) in [4.78, 5) is 4.43. The van der Waals surface area contributed by atoms with E-state index in [1.54, 1.807) is 0 Å². The van der Waals surface area contributed by atoms with E-state index >= 15 is 0 Å². The average molecular weight is 198 g/mol. The summed E-state index contributed by atoms with van der Waals surface area (Å²) in [6.45, 7) is 0. The molecule has 0 aromatic carbocycles. The maximum absolute atomic E-state index is 9.06. The second kappa shape index (κ2) is 3.34. The summed E-state index contributed by atoms with van der Waals surface area (Å²) in [6.07, 6.45) is 7.19. The molecule has 0 N–H and O–H groups in total. The minimum atomic E-state index is 0.569. The predicted octanol–water partition coefficient (Wildman–Crippen LogP) is 2.86. The van der Waals surface area contributed by atoms with Crippen LogP contribution in [0.2, 0.25) is 0 Å². The van der Waals surface area contributed by atoms with Gasteiger partial charge in [-0.3, -0.25) is 4.98 Å². The average Bonchev–Trinajstić information content (AvgIpc) is 2.90. The highest BCUT2D eigenvalue weighted by atomic mass is 14.7. The van der Waals surface area contributed by atoms with Gasteiger partial charge in [-0.1, -0.05) is 6.42 Å². The molecule has 0 saturated heterocycles. The molecular formula is C13H14N2. The van der Waals surface area contributed by atoms with Gasteiger partial charge in [-0.2, -0.15) is 5.26 Å². The Morgan fingerprint density at radius 3 is 2.93 bits per heavy atom. The molecule has 2 aliphatic carbocycles. The molecule has 1 aromatic rings. The lowest BCUT2D eigenvalue weighted by atomic mass is 9.84. The Morgan fingerprint density at radius 2 is 2.27 bits per heavy atom. The molecule has 1 heterocycles. The van der Waals surface area contributed by atoms with Gasteiger partial charge in [0.25, 0.3) is 0 Å². The monoisotopic (exact) mass is 198 g/mol. The van der Waals surface area contributed by atoms with Gasteiger partial charge < -0.3 is 0 Å². The van der Waals surface area contributed by atoms with E-state index in [9.17, 15) is 0 Å².